The summed E-state index contributed by atoms with van der Waals surface area (Å²) in [5, 5.41) is 14.1. The highest BCUT2D eigenvalue weighted by Gasteiger charge is 2.29. The van der Waals surface area contributed by atoms with Crippen LogP contribution < -0.4 is 21.1 Å². The van der Waals surface area contributed by atoms with Crippen molar-refractivity contribution in [1.82, 2.24) is 10.6 Å². The van der Waals surface area contributed by atoms with E-state index in [0.717, 1.165) is 11.1 Å². The number of nitrogens with two attached hydrogens (primary N) is 1. The van der Waals surface area contributed by atoms with Crippen LogP contribution in [0.15, 0.2) is 42.5 Å². The van der Waals surface area contributed by atoms with Gasteiger partial charge < -0.3 is 30.9 Å². The summed E-state index contributed by atoms with van der Waals surface area (Å²) in [7, 11) is 0. The molecule has 0 aliphatic carbocycles. The highest BCUT2D eigenvalue weighted by Crippen LogP contribution is 2.35. The van der Waals surface area contributed by atoms with E-state index in [1.165, 1.54) is 0 Å². The largest absolute Gasteiger partial charge is 0.483 e. The molecule has 0 fully saturated rings. The Balaban J connectivity index is 1.64. The van der Waals surface area contributed by atoms with E-state index >= 15 is 0 Å². The molecule has 0 radical (unpaired) electrons. The summed E-state index contributed by atoms with van der Waals surface area (Å²) >= 11 is 0. The normalized spacial score (nSPS) is 15.4. The molecular formula is C24H27N3O7. The van der Waals surface area contributed by atoms with Gasteiger partial charge in [0.2, 0.25) is 0 Å². The number of nitrogens with one attached hydrogen (secondary N) is 2. The van der Waals surface area contributed by atoms with Gasteiger partial charge in [0, 0.05) is 18.5 Å². The molecule has 180 valence electrons. The number of aliphatic carboxylic acids is 1. The molecule has 3 rings (SSSR count). The van der Waals surface area contributed by atoms with Gasteiger partial charge in [0.05, 0.1) is 5.56 Å². The summed E-state index contributed by atoms with van der Waals surface area (Å²) in [5.41, 5.74) is 7.92. The number of urea groups is 1. The number of ether oxygens (including phenoxy) is 2. The second-order valence-corrected chi connectivity index (χ2v) is 7.98. The molecule has 2 atom stereocenters. The third-order valence-corrected chi connectivity index (χ3v) is 5.36. The Bertz CT molecular complexity index is 1090. The summed E-state index contributed by atoms with van der Waals surface area (Å²) in [6.45, 7) is 1.67. The molecule has 10 heteroatoms. The van der Waals surface area contributed by atoms with E-state index < -0.39 is 42.6 Å². The summed E-state index contributed by atoms with van der Waals surface area (Å²) in [5.74, 6) is -1.87. The van der Waals surface area contributed by atoms with Crippen molar-refractivity contribution in [2.45, 2.75) is 38.3 Å². The van der Waals surface area contributed by atoms with Crippen LogP contribution >= 0.6 is 0 Å². The Morgan fingerprint density at radius 3 is 2.74 bits per heavy atom. The van der Waals surface area contributed by atoms with Crippen molar-refractivity contribution >= 4 is 23.9 Å². The smallest absolute Gasteiger partial charge is 0.339 e. The van der Waals surface area contributed by atoms with Crippen LogP contribution in [0.2, 0.25) is 0 Å². The Hall–Kier alpha value is -4.08. The number of benzene rings is 2. The van der Waals surface area contributed by atoms with Crippen LogP contribution in [0.5, 0.6) is 5.75 Å². The number of fused-ring (bicyclic) bond motifs is 1. The van der Waals surface area contributed by atoms with E-state index in [-0.39, 0.29) is 13.0 Å². The molecule has 0 aromatic heterocycles. The molecule has 34 heavy (non-hydrogen) atoms. The molecule has 10 nitrogen and oxygen atoms in total. The first-order valence-electron chi connectivity index (χ1n) is 10.8. The first-order valence-corrected chi connectivity index (χ1v) is 10.8. The Labute approximate surface area is 196 Å². The number of carboxylic acids is 1. The minimum atomic E-state index is -1.20. The van der Waals surface area contributed by atoms with Crippen LogP contribution in [-0.4, -0.2) is 48.2 Å². The molecule has 0 saturated heterocycles. The van der Waals surface area contributed by atoms with Gasteiger partial charge in [0.1, 0.15) is 17.9 Å². The summed E-state index contributed by atoms with van der Waals surface area (Å²) in [6.07, 6.45) is 0.311. The first-order chi connectivity index (χ1) is 16.2. The topological polar surface area (TPSA) is 157 Å². The predicted molar refractivity (Wildman–Crippen MR) is 121 cm³/mol. The van der Waals surface area contributed by atoms with E-state index in [1.807, 2.05) is 25.1 Å². The van der Waals surface area contributed by atoms with E-state index in [2.05, 4.69) is 10.6 Å². The molecule has 1 aliphatic heterocycles. The van der Waals surface area contributed by atoms with Gasteiger partial charge in [-0.1, -0.05) is 29.8 Å². The zero-order valence-electron chi connectivity index (χ0n) is 18.7. The minimum Gasteiger partial charge on any atom is -0.483 e. The van der Waals surface area contributed by atoms with Crippen LogP contribution in [0.4, 0.5) is 4.79 Å². The van der Waals surface area contributed by atoms with E-state index in [4.69, 9.17) is 15.2 Å². The zero-order valence-corrected chi connectivity index (χ0v) is 18.7. The quantitative estimate of drug-likeness (QED) is 0.305. The third-order valence-electron chi connectivity index (χ3n) is 5.36. The number of carbonyl (C=O) groups is 4. The fourth-order valence-corrected chi connectivity index (χ4v) is 3.71. The van der Waals surface area contributed by atoms with E-state index in [0.29, 0.717) is 29.7 Å². The number of primary amides is 1. The molecule has 2 aromatic carbocycles. The van der Waals surface area contributed by atoms with Crippen molar-refractivity contribution in [1.29, 1.82) is 0 Å². The number of rotatable bonds is 10. The average molecular weight is 469 g/mol. The SMILES string of the molecule is Cc1ccc(OCC(=O)N[C@H](CCCNC(N)=O)C(=O)O)c([C@H]2Cc3ccccc3C(=O)O2)c1. The highest BCUT2D eigenvalue weighted by molar-refractivity contribution is 5.92. The number of hydrogen-bond donors (Lipinski definition) is 4. The van der Waals surface area contributed by atoms with Crippen molar-refractivity contribution in [3.8, 4) is 5.75 Å². The van der Waals surface area contributed by atoms with Gasteiger partial charge in [-0.3, -0.25) is 4.79 Å². The fourth-order valence-electron chi connectivity index (χ4n) is 3.71. The van der Waals surface area contributed by atoms with E-state index in [1.54, 1.807) is 24.3 Å². The predicted octanol–water partition coefficient (Wildman–Crippen LogP) is 1.85. The lowest BCUT2D eigenvalue weighted by molar-refractivity contribution is -0.142. The Kier molecular flexibility index (Phi) is 8.07. The number of carboxylic acid groups (broad SMARTS) is 1. The second-order valence-electron chi connectivity index (χ2n) is 7.98. The third kappa shape index (κ3) is 6.47. The van der Waals surface area contributed by atoms with Crippen LogP contribution in [0.25, 0.3) is 0 Å². The lowest BCUT2D eigenvalue weighted by atomic mass is 9.93. The number of aryl methyl sites for hydroxylation is 1. The molecule has 0 saturated carbocycles. The zero-order chi connectivity index (χ0) is 24.7. The number of cyclic esters (lactones) is 1. The first kappa shape index (κ1) is 24.6. The van der Waals surface area contributed by atoms with E-state index in [9.17, 15) is 24.3 Å². The van der Waals surface area contributed by atoms with Crippen LogP contribution in [-0.2, 0) is 20.7 Å². The maximum Gasteiger partial charge on any atom is 0.339 e. The van der Waals surface area contributed by atoms with Crippen molar-refractivity contribution in [3.63, 3.8) is 0 Å². The van der Waals surface area contributed by atoms with Gasteiger partial charge in [0.15, 0.2) is 6.61 Å². The summed E-state index contributed by atoms with van der Waals surface area (Å²) in [4.78, 5) is 47.0. The van der Waals surface area contributed by atoms with Gasteiger partial charge in [-0.2, -0.15) is 0 Å². The van der Waals surface area contributed by atoms with Crippen LogP contribution in [0.1, 0.15) is 46.0 Å². The fraction of sp³-hybridized carbons (Fsp3) is 0.333. The molecule has 5 N–H and O–H groups in total. The lowest BCUT2D eigenvalue weighted by Gasteiger charge is -2.26. The van der Waals surface area contributed by atoms with Crippen molar-refractivity contribution in [2.75, 3.05) is 13.2 Å². The minimum absolute atomic E-state index is 0.106. The van der Waals surface area contributed by atoms with Gasteiger partial charge in [-0.15, -0.1) is 0 Å². The van der Waals surface area contributed by atoms with Crippen LogP contribution in [0.3, 0.4) is 0 Å². The number of esters is 1. The molecular weight excluding hydrogens is 442 g/mol. The molecule has 3 amide bonds. The standard InChI is InChI=1S/C24H27N3O7/c1-14-8-9-19(17(11-14)20-12-15-5-2-3-6-16(15)23(31)34-20)33-13-21(28)27-18(22(29)30)7-4-10-26-24(25)32/h2-3,5-6,8-9,11,18,20H,4,7,10,12-13H2,1H3,(H,27,28)(H,29,30)(H3,25,26,32)/t18-,20-/m1/s1. The summed E-state index contributed by atoms with van der Waals surface area (Å²) < 4.78 is 11.3. The van der Waals surface area contributed by atoms with Crippen molar-refractivity contribution in [2.24, 2.45) is 5.73 Å². The molecule has 1 aliphatic rings. The Morgan fingerprint density at radius 2 is 2.00 bits per heavy atom. The lowest BCUT2D eigenvalue weighted by Crippen LogP contribution is -2.43. The summed E-state index contributed by atoms with van der Waals surface area (Å²) in [6, 6.07) is 10.7. The van der Waals surface area contributed by atoms with Gasteiger partial charge in [0.25, 0.3) is 5.91 Å². The maximum atomic E-state index is 12.4. The number of carbonyl (C=O) groups excluding carboxylic acids is 3. The molecule has 0 unspecified atom stereocenters. The van der Waals surface area contributed by atoms with Gasteiger partial charge >= 0.3 is 18.0 Å². The maximum absolute atomic E-state index is 12.4. The number of amides is 3. The number of hydrogen-bond acceptors (Lipinski definition) is 6. The second kappa shape index (κ2) is 11.2. The highest BCUT2D eigenvalue weighted by atomic mass is 16.5. The van der Waals surface area contributed by atoms with Gasteiger partial charge in [-0.05, 0) is 43.5 Å². The molecule has 2 aromatic rings. The van der Waals surface area contributed by atoms with Crippen LogP contribution in [0, 0.1) is 6.92 Å². The molecule has 1 heterocycles. The molecule has 0 spiro atoms. The van der Waals surface area contributed by atoms with Crippen molar-refractivity contribution < 1.29 is 33.8 Å². The molecule has 0 bridgehead atoms. The van der Waals surface area contributed by atoms with Crippen molar-refractivity contribution in [3.05, 3.63) is 64.7 Å². The average Bonchev–Trinajstić information content (AvgIpc) is 2.79. The Morgan fingerprint density at radius 1 is 1.24 bits per heavy atom. The monoisotopic (exact) mass is 469 g/mol. The van der Waals surface area contributed by atoms with Gasteiger partial charge in [-0.25, -0.2) is 14.4 Å².